The Morgan fingerprint density at radius 2 is 2.00 bits per heavy atom. The number of unbranched alkanes of at least 4 members (excludes halogenated alkanes) is 3. The van der Waals surface area contributed by atoms with Gasteiger partial charge in [-0.05, 0) is 19.8 Å². The molecule has 0 saturated carbocycles. The van der Waals surface area contributed by atoms with Gasteiger partial charge in [0.05, 0.1) is 6.61 Å². The minimum Gasteiger partial charge on any atom is -0.475 e. The fraction of sp³-hybridized carbons (Fsp3) is 0.769. The number of hydrogen-bond donors (Lipinski definition) is 1. The predicted octanol–water partition coefficient (Wildman–Crippen LogP) is 3.51. The molecular weight excluding hydrogens is 248 g/mol. The van der Waals surface area contributed by atoms with E-state index >= 15 is 0 Å². The highest BCUT2D eigenvalue weighted by atomic mass is 16.6. The smallest absolute Gasteiger partial charge is 0.475 e. The quantitative estimate of drug-likeness (QED) is 0.300. The summed E-state index contributed by atoms with van der Waals surface area (Å²) < 4.78 is 9.94. The molecule has 19 heavy (non-hydrogen) atoms. The fourth-order valence-corrected chi connectivity index (χ4v) is 1.66. The molecule has 0 spiro atoms. The van der Waals surface area contributed by atoms with Crippen molar-refractivity contribution in [3.05, 3.63) is 16.6 Å². The van der Waals surface area contributed by atoms with Gasteiger partial charge in [-0.25, -0.2) is 0 Å². The van der Waals surface area contributed by atoms with E-state index in [2.05, 4.69) is 11.9 Å². The summed E-state index contributed by atoms with van der Waals surface area (Å²) in [5.74, 6) is -1.00. The van der Waals surface area contributed by atoms with Gasteiger partial charge in [-0.2, -0.15) is 0 Å². The highest BCUT2D eigenvalue weighted by Crippen LogP contribution is 2.20. The molecule has 0 radical (unpaired) electrons. The normalized spacial score (nSPS) is 13.2. The number of carbonyl (C=O) groups excluding carboxylic acids is 1. The monoisotopic (exact) mass is 271 g/mol. The van der Waals surface area contributed by atoms with Gasteiger partial charge in [0.2, 0.25) is 11.5 Å². The zero-order valence-corrected chi connectivity index (χ0v) is 11.9. The number of nitrogens with zero attached hydrogens (tertiary/aromatic N) is 2. The average molecular weight is 271 g/mol. The van der Waals surface area contributed by atoms with Gasteiger partial charge in [0.1, 0.15) is 0 Å². The second-order valence-corrected chi connectivity index (χ2v) is 4.17. The van der Waals surface area contributed by atoms with Gasteiger partial charge in [0.25, 0.3) is 0 Å². The molecule has 0 heterocycles. The zero-order chi connectivity index (χ0) is 14.7. The number of rotatable bonds is 9. The number of aliphatic hydroxyl groups is 1. The van der Waals surface area contributed by atoms with Gasteiger partial charge in [-0.3, -0.25) is 4.79 Å². The summed E-state index contributed by atoms with van der Waals surface area (Å²) in [6.07, 6.45) is 3.67. The van der Waals surface area contributed by atoms with Gasteiger partial charge in [-0.1, -0.05) is 26.2 Å². The van der Waals surface area contributed by atoms with E-state index in [0.29, 0.717) is 6.42 Å². The third kappa shape index (κ3) is 7.29. The van der Waals surface area contributed by atoms with E-state index in [4.69, 9.17) is 14.9 Å². The highest BCUT2D eigenvalue weighted by Gasteiger charge is 2.34. The zero-order valence-electron chi connectivity index (χ0n) is 11.9. The van der Waals surface area contributed by atoms with E-state index in [0.717, 1.165) is 25.7 Å². The lowest BCUT2D eigenvalue weighted by Crippen LogP contribution is -2.19. The maximum Gasteiger partial charge on any atom is 0.480 e. The summed E-state index contributed by atoms with van der Waals surface area (Å²) in [6.45, 7) is 5.28. The molecule has 6 heteroatoms. The van der Waals surface area contributed by atoms with Crippen molar-refractivity contribution in [3.63, 3.8) is 0 Å². The molecule has 0 aliphatic heterocycles. The second kappa shape index (κ2) is 10.2. The van der Waals surface area contributed by atoms with Crippen LogP contribution in [0.2, 0.25) is 0 Å². The largest absolute Gasteiger partial charge is 0.480 e. The third-order valence-corrected chi connectivity index (χ3v) is 2.54. The number of carbonyl (C=O) groups is 1. The molecule has 1 unspecified atom stereocenters. The molecule has 0 amide bonds. The van der Waals surface area contributed by atoms with Crippen molar-refractivity contribution in [2.75, 3.05) is 6.61 Å². The highest BCUT2D eigenvalue weighted by molar-refractivity contribution is 5.66. The second-order valence-electron chi connectivity index (χ2n) is 4.17. The lowest BCUT2D eigenvalue weighted by molar-refractivity contribution is -0.145. The number of ether oxygens (including phenoxy) is 2. The number of aliphatic hydroxyl groups excluding tert-OH is 1. The Morgan fingerprint density at radius 3 is 2.47 bits per heavy atom. The number of diazo groups is 1. The Labute approximate surface area is 114 Å². The van der Waals surface area contributed by atoms with Crippen molar-refractivity contribution in [2.45, 2.75) is 59.0 Å². The standard InChI is InChI=1S/C13H22N2O4/c1-4-6-7-8-9-11(19-10(3)16)12(15-14)13(17)18-5-2/h11H,4-9H2,1-3H3/p+1/b13-12-. The summed E-state index contributed by atoms with van der Waals surface area (Å²) in [5, 5.41) is 18.6. The first kappa shape index (κ1) is 17.2. The summed E-state index contributed by atoms with van der Waals surface area (Å²) in [5.41, 5.74) is -0.145. The van der Waals surface area contributed by atoms with Crippen LogP contribution in [0.5, 0.6) is 0 Å². The molecule has 0 aromatic carbocycles. The van der Waals surface area contributed by atoms with Crippen LogP contribution >= 0.6 is 0 Å². The van der Waals surface area contributed by atoms with E-state index in [9.17, 15) is 9.90 Å². The Bertz CT molecular complexity index is 347. The van der Waals surface area contributed by atoms with Crippen molar-refractivity contribution < 1.29 is 19.4 Å². The van der Waals surface area contributed by atoms with Crippen molar-refractivity contribution in [1.82, 2.24) is 0 Å². The van der Waals surface area contributed by atoms with Crippen LogP contribution in [0.4, 0.5) is 0 Å². The Balaban J connectivity index is 4.75. The lowest BCUT2D eigenvalue weighted by atomic mass is 10.1. The third-order valence-electron chi connectivity index (χ3n) is 2.54. The van der Waals surface area contributed by atoms with Crippen molar-refractivity contribution >= 4 is 5.97 Å². The van der Waals surface area contributed by atoms with Gasteiger partial charge in [0, 0.05) is 6.92 Å². The van der Waals surface area contributed by atoms with Crippen LogP contribution < -0.4 is 0 Å². The molecule has 0 bridgehead atoms. The van der Waals surface area contributed by atoms with E-state index in [1.165, 1.54) is 6.92 Å². The fourth-order valence-electron chi connectivity index (χ4n) is 1.66. The number of esters is 1. The van der Waals surface area contributed by atoms with Crippen LogP contribution in [-0.4, -0.2) is 23.8 Å². The van der Waals surface area contributed by atoms with Crippen LogP contribution in [0.3, 0.4) is 0 Å². The van der Waals surface area contributed by atoms with Crippen LogP contribution in [0.25, 0.3) is 4.98 Å². The first-order valence-corrected chi connectivity index (χ1v) is 6.65. The van der Waals surface area contributed by atoms with Crippen LogP contribution in [0.15, 0.2) is 11.6 Å². The summed E-state index contributed by atoms with van der Waals surface area (Å²) in [7, 11) is 0. The summed E-state index contributed by atoms with van der Waals surface area (Å²) in [6, 6.07) is 0. The molecule has 0 aliphatic carbocycles. The molecule has 0 aromatic rings. The molecule has 0 aliphatic rings. The summed E-state index contributed by atoms with van der Waals surface area (Å²) in [4.78, 5) is 14.0. The predicted molar refractivity (Wildman–Crippen MR) is 70.7 cm³/mol. The van der Waals surface area contributed by atoms with E-state index < -0.39 is 18.0 Å². The van der Waals surface area contributed by atoms with Crippen molar-refractivity contribution in [3.8, 4) is 0 Å². The maximum absolute atomic E-state index is 11.1. The first-order valence-electron chi connectivity index (χ1n) is 6.65. The Morgan fingerprint density at radius 1 is 1.32 bits per heavy atom. The molecule has 1 atom stereocenters. The van der Waals surface area contributed by atoms with Crippen LogP contribution in [0, 0.1) is 5.39 Å². The van der Waals surface area contributed by atoms with Crippen molar-refractivity contribution in [1.29, 1.82) is 5.39 Å². The minimum atomic E-state index is -0.786. The van der Waals surface area contributed by atoms with Crippen molar-refractivity contribution in [2.24, 2.45) is 0 Å². The Kier molecular flexibility index (Phi) is 9.23. The molecule has 0 rings (SSSR count). The first-order chi connectivity index (χ1) is 9.06. The minimum absolute atomic E-state index is 0.145. The Hall–Kier alpha value is -1.77. The lowest BCUT2D eigenvalue weighted by Gasteiger charge is -2.11. The van der Waals surface area contributed by atoms with Gasteiger partial charge >= 0.3 is 17.6 Å². The van der Waals surface area contributed by atoms with Gasteiger partial charge in [-0.15, -0.1) is 0 Å². The average Bonchev–Trinajstić information content (AvgIpc) is 2.35. The maximum atomic E-state index is 11.1. The topological polar surface area (TPSA) is 83.9 Å². The number of hydrogen-bond acceptors (Lipinski definition) is 5. The molecule has 0 saturated heterocycles. The molecular formula is C13H23N2O4+. The molecule has 0 aromatic heterocycles. The summed E-state index contributed by atoms with van der Waals surface area (Å²) >= 11 is 0. The molecule has 0 fully saturated rings. The van der Waals surface area contributed by atoms with Gasteiger partial charge in [0.15, 0.2) is 4.98 Å². The van der Waals surface area contributed by atoms with Crippen LogP contribution in [0.1, 0.15) is 52.9 Å². The molecule has 6 nitrogen and oxygen atoms in total. The van der Waals surface area contributed by atoms with E-state index in [1.807, 2.05) is 0 Å². The van der Waals surface area contributed by atoms with E-state index in [-0.39, 0.29) is 12.3 Å². The van der Waals surface area contributed by atoms with Crippen LogP contribution in [-0.2, 0) is 14.3 Å². The van der Waals surface area contributed by atoms with Gasteiger partial charge < -0.3 is 14.6 Å². The molecule has 1 N–H and O–H groups in total. The SMILES string of the molecule is CCCCCCC(OC(C)=O)/C([N+]#N)=C(\O)OCC. The van der Waals surface area contributed by atoms with E-state index in [1.54, 1.807) is 6.92 Å². The molecule has 108 valence electrons.